The van der Waals surface area contributed by atoms with Crippen LogP contribution in [0.4, 0.5) is 32.3 Å². The molecule has 426 valence electrons. The second-order valence-electron chi connectivity index (χ2n) is 19.6. The number of aromatic nitrogens is 4. The standard InChI is InChI=1S/C28H32N6O5S2.C28H32N6O4S2/c1-19-4-11-26(40-19)41(37,38)32-28(36)31-21-5-8-23(9-6-21)34-20(2)30-25-18-22(7-10-24(25)27(34)35)29-12-3-13-33-14-16-39-17-15-33;1-19-6-13-26(39-19)40(37,38)32-28(36)31-21-7-10-23(11-8-21)34-20(2)30-25-18-22(9-12-24(25)27(34)35)29-14-5-17-33-15-3-4-16-33/h4-11,18,29H,3,12-17H2,1-2H3,(H2,31,32,36);6-13,18,29H,3-5,14-17H2,1-2H3,(H2,31,32,36). The van der Waals surface area contributed by atoms with Gasteiger partial charge in [0, 0.05) is 58.7 Å². The lowest BCUT2D eigenvalue weighted by Gasteiger charge is -2.26. The number of urea groups is 2. The number of likely N-dealkylation sites (tertiary alicyclic amines) is 1. The molecule has 4 aromatic heterocycles. The first-order chi connectivity index (χ1) is 38.9. The minimum Gasteiger partial charge on any atom is -0.385 e. The predicted molar refractivity (Wildman–Crippen MR) is 320 cm³/mol. The van der Waals surface area contributed by atoms with Crippen LogP contribution in [0.3, 0.4) is 0 Å². The Morgan fingerprint density at radius 1 is 0.531 bits per heavy atom. The van der Waals surface area contributed by atoms with E-state index in [1.54, 1.807) is 100 Å². The molecule has 0 saturated carbocycles. The minimum atomic E-state index is -3.96. The van der Waals surface area contributed by atoms with Gasteiger partial charge in [0.05, 0.1) is 46.4 Å². The van der Waals surface area contributed by atoms with Gasteiger partial charge in [-0.05, 0) is 189 Å². The highest BCUT2D eigenvalue weighted by molar-refractivity contribution is 7.92. The van der Waals surface area contributed by atoms with Gasteiger partial charge in [-0.1, -0.05) is 0 Å². The van der Waals surface area contributed by atoms with E-state index in [1.165, 1.54) is 47.2 Å². The number of hydrogen-bond acceptors (Lipinski definition) is 17. The summed E-state index contributed by atoms with van der Waals surface area (Å²) < 4.78 is 62.1. The quantitative estimate of drug-likeness (QED) is 0.0443. The van der Waals surface area contributed by atoms with Crippen LogP contribution in [0.2, 0.25) is 0 Å². The summed E-state index contributed by atoms with van der Waals surface area (Å²) in [5.74, 6) is 1.04. The molecule has 81 heavy (non-hydrogen) atoms. The average molecular weight is 1180 g/mol. The van der Waals surface area contributed by atoms with Crippen molar-refractivity contribution in [1.29, 1.82) is 0 Å². The van der Waals surface area contributed by atoms with E-state index in [1.807, 2.05) is 33.7 Å². The Labute approximate surface area is 477 Å². The van der Waals surface area contributed by atoms with E-state index in [-0.39, 0.29) is 19.5 Å². The molecule has 0 spiro atoms. The predicted octanol–water partition coefficient (Wildman–Crippen LogP) is 8.18. The number of anilines is 4. The van der Waals surface area contributed by atoms with Crippen LogP contribution in [0.1, 0.15) is 47.1 Å². The SMILES string of the molecule is Cc1ccc(S(=O)(=O)NC(=O)Nc2ccc(-n3c(C)nc4cc(NCCCN5CCCC5)ccc4c3=O)cc2)s1.Cc1ccc(S(=O)(=O)NC(=O)Nc2ccc(-n3c(C)nc4cc(NCCCN5CCOCC5)ccc4c3=O)cc2)s1. The number of benzene rings is 4. The lowest BCUT2D eigenvalue weighted by atomic mass is 10.2. The number of aryl methyl sites for hydroxylation is 4. The summed E-state index contributed by atoms with van der Waals surface area (Å²) in [5.41, 5.74) is 4.57. The Bertz CT molecular complexity index is 3910. The number of thiophene rings is 2. The van der Waals surface area contributed by atoms with Crippen LogP contribution in [-0.4, -0.2) is 123 Å². The number of fused-ring (bicyclic) bond motifs is 2. The number of carbonyl (C=O) groups is 2. The number of sulfonamides is 2. The maximum absolute atomic E-state index is 13.4. The highest BCUT2D eigenvalue weighted by atomic mass is 32.3. The fourth-order valence-corrected chi connectivity index (χ4v) is 13.9. The van der Waals surface area contributed by atoms with Crippen LogP contribution in [0.25, 0.3) is 33.2 Å². The minimum absolute atomic E-state index is 0.0610. The number of nitrogens with one attached hydrogen (secondary N) is 6. The van der Waals surface area contributed by atoms with Gasteiger partial charge >= 0.3 is 12.1 Å². The normalized spacial score (nSPS) is 14.1. The maximum Gasteiger partial charge on any atom is 0.333 e. The van der Waals surface area contributed by atoms with Gasteiger partial charge in [0.25, 0.3) is 31.2 Å². The molecule has 2 aliphatic heterocycles. The third kappa shape index (κ3) is 14.9. The molecule has 6 heterocycles. The van der Waals surface area contributed by atoms with Crippen LogP contribution in [0.15, 0.2) is 127 Å². The molecular weight excluding hydrogens is 1110 g/mol. The Morgan fingerprint density at radius 3 is 1.32 bits per heavy atom. The van der Waals surface area contributed by atoms with Crippen LogP contribution >= 0.6 is 22.7 Å². The van der Waals surface area contributed by atoms with Crippen molar-refractivity contribution in [2.24, 2.45) is 0 Å². The Kier molecular flexibility index (Phi) is 18.6. The molecule has 0 unspecified atom stereocenters. The molecule has 2 saturated heterocycles. The van der Waals surface area contributed by atoms with Gasteiger partial charge in [0.2, 0.25) is 0 Å². The molecule has 8 aromatic rings. The molecule has 0 aliphatic carbocycles. The second kappa shape index (κ2) is 25.9. The zero-order valence-electron chi connectivity index (χ0n) is 45.3. The molecular formula is C56H64N12O9S4. The monoisotopic (exact) mass is 1180 g/mol. The lowest BCUT2D eigenvalue weighted by molar-refractivity contribution is 0.0378. The first kappa shape index (κ1) is 58.1. The first-order valence-corrected chi connectivity index (χ1v) is 31.1. The van der Waals surface area contributed by atoms with E-state index in [2.05, 4.69) is 41.0 Å². The highest BCUT2D eigenvalue weighted by Crippen LogP contribution is 2.24. The Hall–Kier alpha value is -7.52. The summed E-state index contributed by atoms with van der Waals surface area (Å²) in [6.45, 7) is 16.8. The molecule has 4 aromatic carbocycles. The number of ether oxygens (including phenoxy) is 1. The number of hydrogen-bond donors (Lipinski definition) is 6. The molecule has 2 aliphatic rings. The number of amides is 4. The second-order valence-corrected chi connectivity index (χ2v) is 26.0. The lowest BCUT2D eigenvalue weighted by Crippen LogP contribution is -2.37. The Morgan fingerprint density at radius 2 is 0.926 bits per heavy atom. The van der Waals surface area contributed by atoms with Gasteiger partial charge in [-0.3, -0.25) is 23.6 Å². The van der Waals surface area contributed by atoms with Crippen molar-refractivity contribution < 1.29 is 31.2 Å². The number of nitrogens with zero attached hydrogens (tertiary/aromatic N) is 6. The van der Waals surface area contributed by atoms with Gasteiger partial charge in [0.15, 0.2) is 0 Å². The number of rotatable bonds is 18. The maximum atomic E-state index is 13.4. The third-order valence-electron chi connectivity index (χ3n) is 13.5. The van der Waals surface area contributed by atoms with E-state index < -0.39 is 32.1 Å². The highest BCUT2D eigenvalue weighted by Gasteiger charge is 2.22. The molecule has 6 N–H and O–H groups in total. The van der Waals surface area contributed by atoms with Crippen LogP contribution < -0.4 is 41.8 Å². The third-order valence-corrected chi connectivity index (χ3v) is 19.2. The summed E-state index contributed by atoms with van der Waals surface area (Å²) in [6, 6.07) is 28.7. The largest absolute Gasteiger partial charge is 0.385 e. The van der Waals surface area contributed by atoms with Crippen molar-refractivity contribution in [3.63, 3.8) is 0 Å². The smallest absolute Gasteiger partial charge is 0.333 e. The fraction of sp³-hybridized carbons (Fsp3) is 0.321. The summed E-state index contributed by atoms with van der Waals surface area (Å²) in [4.78, 5) is 67.3. The van der Waals surface area contributed by atoms with E-state index >= 15 is 0 Å². The molecule has 4 amide bonds. The molecule has 0 atom stereocenters. The van der Waals surface area contributed by atoms with E-state index in [9.17, 15) is 36.0 Å². The number of morpholine rings is 1. The van der Waals surface area contributed by atoms with Gasteiger partial charge in [-0.2, -0.15) is 0 Å². The van der Waals surface area contributed by atoms with Gasteiger partial charge in [-0.15, -0.1) is 22.7 Å². The van der Waals surface area contributed by atoms with Gasteiger partial charge < -0.3 is 30.9 Å². The zero-order chi connectivity index (χ0) is 57.3. The molecule has 0 bridgehead atoms. The van der Waals surface area contributed by atoms with Crippen LogP contribution in [-0.2, 0) is 24.8 Å². The van der Waals surface area contributed by atoms with Crippen LogP contribution in [0.5, 0.6) is 0 Å². The zero-order valence-corrected chi connectivity index (χ0v) is 48.5. The summed E-state index contributed by atoms with van der Waals surface area (Å²) >= 11 is 2.16. The summed E-state index contributed by atoms with van der Waals surface area (Å²) in [6.07, 6.45) is 4.65. The van der Waals surface area contributed by atoms with Gasteiger partial charge in [-0.25, -0.2) is 45.8 Å². The van der Waals surface area contributed by atoms with E-state index in [4.69, 9.17) is 4.74 Å². The van der Waals surface area contributed by atoms with E-state index in [0.717, 1.165) is 109 Å². The molecule has 21 nitrogen and oxygen atoms in total. The molecule has 0 radical (unpaired) electrons. The van der Waals surface area contributed by atoms with Crippen molar-refractivity contribution in [3.8, 4) is 11.4 Å². The van der Waals surface area contributed by atoms with Crippen molar-refractivity contribution in [1.82, 2.24) is 38.3 Å². The first-order valence-electron chi connectivity index (χ1n) is 26.5. The van der Waals surface area contributed by atoms with Crippen molar-refractivity contribution in [3.05, 3.63) is 151 Å². The molecule has 2 fully saturated rings. The molecule has 10 rings (SSSR count). The summed E-state index contributed by atoms with van der Waals surface area (Å²) in [5, 5.41) is 12.9. The van der Waals surface area contributed by atoms with Crippen molar-refractivity contribution >= 4 is 99.3 Å². The Balaban J connectivity index is 0.000000196. The van der Waals surface area contributed by atoms with Crippen molar-refractivity contribution in [2.75, 3.05) is 86.8 Å². The van der Waals surface area contributed by atoms with E-state index in [0.29, 0.717) is 56.2 Å². The number of carbonyl (C=O) groups excluding carboxylic acids is 2. The fourth-order valence-electron chi connectivity index (χ4n) is 9.48. The van der Waals surface area contributed by atoms with Crippen molar-refractivity contribution in [2.45, 2.75) is 61.8 Å². The van der Waals surface area contributed by atoms with Crippen LogP contribution in [0, 0.1) is 27.7 Å². The van der Waals surface area contributed by atoms with Gasteiger partial charge in [0.1, 0.15) is 20.1 Å². The summed E-state index contributed by atoms with van der Waals surface area (Å²) in [7, 11) is -7.92. The topological polar surface area (TPSA) is 260 Å². The average Bonchev–Trinajstić information content (AvgIpc) is 4.29. The molecule has 25 heteroatoms.